The van der Waals surface area contributed by atoms with E-state index in [4.69, 9.17) is 27.6 Å². The number of alkyl halides is 2. The molecule has 1 heterocycles. The van der Waals surface area contributed by atoms with Crippen molar-refractivity contribution in [2.75, 3.05) is 11.8 Å². The van der Waals surface area contributed by atoms with Crippen LogP contribution in [0.15, 0.2) is 22.8 Å². The molecule has 0 N–H and O–H groups in total. The normalized spacial score (nSPS) is 12.4. The highest BCUT2D eigenvalue weighted by Gasteiger charge is 2.33. The SMILES string of the molecule is CC(C)C(CCl)(CCl)Cc1ccco1. The molecule has 0 aliphatic carbocycles. The van der Waals surface area contributed by atoms with Crippen LogP contribution in [-0.2, 0) is 6.42 Å². The van der Waals surface area contributed by atoms with Gasteiger partial charge in [-0.2, -0.15) is 0 Å². The van der Waals surface area contributed by atoms with Crippen molar-refractivity contribution in [1.29, 1.82) is 0 Å². The fraction of sp³-hybridized carbons (Fsp3) is 0.636. The van der Waals surface area contributed by atoms with E-state index in [9.17, 15) is 0 Å². The van der Waals surface area contributed by atoms with Gasteiger partial charge in [0, 0.05) is 23.6 Å². The van der Waals surface area contributed by atoms with Gasteiger partial charge in [-0.3, -0.25) is 0 Å². The largest absolute Gasteiger partial charge is 0.469 e. The van der Waals surface area contributed by atoms with Crippen molar-refractivity contribution < 1.29 is 4.42 Å². The molecule has 14 heavy (non-hydrogen) atoms. The van der Waals surface area contributed by atoms with Crippen LogP contribution in [0, 0.1) is 11.3 Å². The van der Waals surface area contributed by atoms with Crippen LogP contribution in [-0.4, -0.2) is 11.8 Å². The maximum absolute atomic E-state index is 6.01. The first-order valence-electron chi connectivity index (χ1n) is 4.79. The van der Waals surface area contributed by atoms with E-state index in [-0.39, 0.29) is 5.41 Å². The average Bonchev–Trinajstić information content (AvgIpc) is 2.66. The maximum Gasteiger partial charge on any atom is 0.104 e. The molecule has 80 valence electrons. The van der Waals surface area contributed by atoms with Crippen LogP contribution in [0.4, 0.5) is 0 Å². The molecule has 0 unspecified atom stereocenters. The van der Waals surface area contributed by atoms with E-state index in [1.165, 1.54) is 0 Å². The zero-order chi connectivity index (χ0) is 10.6. The standard InChI is InChI=1S/C11H16Cl2O/c1-9(2)11(7-12,8-13)6-10-4-3-5-14-10/h3-5,9H,6-8H2,1-2H3. The Morgan fingerprint density at radius 2 is 2.00 bits per heavy atom. The Balaban J connectivity index is 2.78. The van der Waals surface area contributed by atoms with Gasteiger partial charge >= 0.3 is 0 Å². The molecule has 1 nitrogen and oxygen atoms in total. The lowest BCUT2D eigenvalue weighted by Crippen LogP contribution is -2.33. The molecule has 1 rings (SSSR count). The molecule has 0 fully saturated rings. The van der Waals surface area contributed by atoms with Crippen molar-refractivity contribution in [2.45, 2.75) is 20.3 Å². The van der Waals surface area contributed by atoms with Crippen molar-refractivity contribution in [3.63, 3.8) is 0 Å². The van der Waals surface area contributed by atoms with Gasteiger partial charge in [0.15, 0.2) is 0 Å². The van der Waals surface area contributed by atoms with Gasteiger partial charge in [0.1, 0.15) is 5.76 Å². The zero-order valence-electron chi connectivity index (χ0n) is 8.59. The summed E-state index contributed by atoms with van der Waals surface area (Å²) in [6, 6.07) is 3.86. The minimum Gasteiger partial charge on any atom is -0.469 e. The van der Waals surface area contributed by atoms with Crippen molar-refractivity contribution in [3.8, 4) is 0 Å². The summed E-state index contributed by atoms with van der Waals surface area (Å²) in [4.78, 5) is 0. The van der Waals surface area contributed by atoms with E-state index in [0.29, 0.717) is 17.7 Å². The first kappa shape index (κ1) is 11.9. The molecule has 0 atom stereocenters. The van der Waals surface area contributed by atoms with Crippen LogP contribution in [0.3, 0.4) is 0 Å². The average molecular weight is 235 g/mol. The molecule has 0 amide bonds. The highest BCUT2D eigenvalue weighted by Crippen LogP contribution is 2.34. The first-order valence-corrected chi connectivity index (χ1v) is 5.86. The number of rotatable bonds is 5. The van der Waals surface area contributed by atoms with E-state index in [1.807, 2.05) is 12.1 Å². The molecule has 0 spiro atoms. The summed E-state index contributed by atoms with van der Waals surface area (Å²) in [5, 5.41) is 0. The van der Waals surface area contributed by atoms with E-state index in [0.717, 1.165) is 12.2 Å². The van der Waals surface area contributed by atoms with E-state index in [2.05, 4.69) is 13.8 Å². The minimum absolute atomic E-state index is 0.0546. The molecule has 1 aromatic heterocycles. The van der Waals surface area contributed by atoms with Crippen LogP contribution >= 0.6 is 23.2 Å². The van der Waals surface area contributed by atoms with Crippen LogP contribution in [0.2, 0.25) is 0 Å². The van der Waals surface area contributed by atoms with Crippen molar-refractivity contribution >= 4 is 23.2 Å². The molecule has 0 aliphatic rings. The van der Waals surface area contributed by atoms with Crippen LogP contribution in [0.5, 0.6) is 0 Å². The monoisotopic (exact) mass is 234 g/mol. The second kappa shape index (κ2) is 5.09. The Morgan fingerprint density at radius 1 is 1.36 bits per heavy atom. The van der Waals surface area contributed by atoms with Crippen molar-refractivity contribution in [1.82, 2.24) is 0 Å². The van der Waals surface area contributed by atoms with Gasteiger partial charge < -0.3 is 4.42 Å². The molecule has 0 aromatic carbocycles. The van der Waals surface area contributed by atoms with Crippen LogP contribution in [0.25, 0.3) is 0 Å². The molecular weight excluding hydrogens is 219 g/mol. The minimum atomic E-state index is -0.0546. The summed E-state index contributed by atoms with van der Waals surface area (Å²) in [5.74, 6) is 2.53. The highest BCUT2D eigenvalue weighted by atomic mass is 35.5. The van der Waals surface area contributed by atoms with Crippen LogP contribution in [0.1, 0.15) is 19.6 Å². The van der Waals surface area contributed by atoms with Gasteiger partial charge in [-0.1, -0.05) is 13.8 Å². The Hall–Kier alpha value is -0.140. The topological polar surface area (TPSA) is 13.1 Å². The summed E-state index contributed by atoms with van der Waals surface area (Å²) in [7, 11) is 0. The number of halogens is 2. The Morgan fingerprint density at radius 3 is 2.36 bits per heavy atom. The van der Waals surface area contributed by atoms with Crippen molar-refractivity contribution in [3.05, 3.63) is 24.2 Å². The maximum atomic E-state index is 6.01. The van der Waals surface area contributed by atoms with Gasteiger partial charge in [-0.15, -0.1) is 23.2 Å². The highest BCUT2D eigenvalue weighted by molar-refractivity contribution is 6.21. The van der Waals surface area contributed by atoms with E-state index in [1.54, 1.807) is 6.26 Å². The summed E-state index contributed by atoms with van der Waals surface area (Å²) in [6.45, 7) is 4.29. The fourth-order valence-corrected chi connectivity index (χ4v) is 2.50. The predicted octanol–water partition coefficient (Wildman–Crippen LogP) is 3.94. The Kier molecular flexibility index (Phi) is 4.33. The second-order valence-corrected chi connectivity index (χ2v) is 4.57. The summed E-state index contributed by atoms with van der Waals surface area (Å²) < 4.78 is 5.33. The van der Waals surface area contributed by atoms with Crippen molar-refractivity contribution in [2.24, 2.45) is 11.3 Å². The predicted molar refractivity (Wildman–Crippen MR) is 61.1 cm³/mol. The van der Waals surface area contributed by atoms with Gasteiger partial charge in [0.2, 0.25) is 0 Å². The Labute approximate surface area is 95.4 Å². The summed E-state index contributed by atoms with van der Waals surface area (Å²) in [6.07, 6.45) is 2.49. The Bertz CT molecular complexity index is 250. The molecular formula is C11H16Cl2O. The van der Waals surface area contributed by atoms with E-state index >= 15 is 0 Å². The quantitative estimate of drug-likeness (QED) is 0.704. The van der Waals surface area contributed by atoms with E-state index < -0.39 is 0 Å². The zero-order valence-corrected chi connectivity index (χ0v) is 10.1. The lowest BCUT2D eigenvalue weighted by atomic mass is 9.77. The lowest BCUT2D eigenvalue weighted by molar-refractivity contribution is 0.241. The second-order valence-electron chi connectivity index (χ2n) is 4.04. The smallest absolute Gasteiger partial charge is 0.104 e. The summed E-state index contributed by atoms with van der Waals surface area (Å²) >= 11 is 12.0. The molecule has 0 radical (unpaired) electrons. The van der Waals surface area contributed by atoms with Gasteiger partial charge in [-0.05, 0) is 18.1 Å². The first-order chi connectivity index (χ1) is 6.64. The van der Waals surface area contributed by atoms with Gasteiger partial charge in [-0.25, -0.2) is 0 Å². The third-order valence-corrected chi connectivity index (χ3v) is 3.93. The third-order valence-electron chi connectivity index (χ3n) is 2.86. The van der Waals surface area contributed by atoms with Gasteiger partial charge in [0.25, 0.3) is 0 Å². The number of hydrogen-bond acceptors (Lipinski definition) is 1. The molecule has 0 aliphatic heterocycles. The summed E-state index contributed by atoms with van der Waals surface area (Å²) in [5.41, 5.74) is -0.0546. The van der Waals surface area contributed by atoms with Crippen LogP contribution < -0.4 is 0 Å². The lowest BCUT2D eigenvalue weighted by Gasteiger charge is -2.33. The molecule has 3 heteroatoms. The fourth-order valence-electron chi connectivity index (χ4n) is 1.40. The van der Waals surface area contributed by atoms with Gasteiger partial charge in [0.05, 0.1) is 6.26 Å². The molecule has 0 saturated heterocycles. The molecule has 0 bridgehead atoms. The number of hydrogen-bond donors (Lipinski definition) is 0. The third kappa shape index (κ3) is 2.46. The number of furan rings is 1. The molecule has 0 saturated carbocycles. The molecule has 1 aromatic rings.